The number of carbonyl (C=O) groups is 1. The molecule has 0 bridgehead atoms. The Hall–Kier alpha value is -2.98. The number of nitrogens with one attached hydrogen (secondary N) is 2. The van der Waals surface area contributed by atoms with Gasteiger partial charge in [-0.25, -0.2) is 0 Å². The maximum Gasteiger partial charge on any atom is 0.243 e. The molecule has 0 aliphatic rings. The average molecular weight is 381 g/mol. The molecule has 3 aromatic rings. The summed E-state index contributed by atoms with van der Waals surface area (Å²) in [6, 6.07) is 22.7. The lowest BCUT2D eigenvalue weighted by Gasteiger charge is -2.10. The third-order valence-electron chi connectivity index (χ3n) is 3.93. The van der Waals surface area contributed by atoms with Crippen molar-refractivity contribution in [1.29, 1.82) is 0 Å². The number of hydrogen-bond acceptors (Lipinski definition) is 3. The molecule has 5 heteroatoms. The number of amides is 1. The van der Waals surface area contributed by atoms with E-state index in [9.17, 15) is 4.79 Å². The number of halogens is 1. The Labute approximate surface area is 164 Å². The van der Waals surface area contributed by atoms with Crippen molar-refractivity contribution in [2.75, 3.05) is 17.2 Å². The number of ether oxygens (including phenoxy) is 1. The van der Waals surface area contributed by atoms with Crippen LogP contribution >= 0.6 is 11.6 Å². The molecule has 3 rings (SSSR count). The highest BCUT2D eigenvalue weighted by Gasteiger charge is 2.03. The lowest BCUT2D eigenvalue weighted by Crippen LogP contribution is -2.21. The minimum absolute atomic E-state index is 0.105. The molecule has 0 aromatic heterocycles. The zero-order valence-electron chi connectivity index (χ0n) is 15.0. The Kier molecular flexibility index (Phi) is 6.34. The first-order valence-electron chi connectivity index (χ1n) is 8.66. The molecule has 2 N–H and O–H groups in total. The number of benzene rings is 3. The van der Waals surface area contributed by atoms with Gasteiger partial charge >= 0.3 is 0 Å². The molecule has 0 atom stereocenters. The normalized spacial score (nSPS) is 10.3. The van der Waals surface area contributed by atoms with Gasteiger partial charge in [-0.3, -0.25) is 4.79 Å². The van der Waals surface area contributed by atoms with Crippen LogP contribution in [0.3, 0.4) is 0 Å². The van der Waals surface area contributed by atoms with Gasteiger partial charge in [-0.05, 0) is 66.6 Å². The van der Waals surface area contributed by atoms with Gasteiger partial charge in [0, 0.05) is 16.4 Å². The second kappa shape index (κ2) is 9.10. The van der Waals surface area contributed by atoms with E-state index in [1.807, 2.05) is 79.7 Å². The maximum atomic E-state index is 12.1. The second-order valence-electron chi connectivity index (χ2n) is 6.21. The topological polar surface area (TPSA) is 50.4 Å². The summed E-state index contributed by atoms with van der Waals surface area (Å²) in [5.41, 5.74) is 3.84. The van der Waals surface area contributed by atoms with Crippen LogP contribution in [-0.4, -0.2) is 12.5 Å². The molecule has 0 saturated carbocycles. The molecule has 27 heavy (non-hydrogen) atoms. The van der Waals surface area contributed by atoms with Gasteiger partial charge in [0.25, 0.3) is 0 Å². The Balaban J connectivity index is 1.46. The highest BCUT2D eigenvalue weighted by Crippen LogP contribution is 2.18. The van der Waals surface area contributed by atoms with Crippen LogP contribution in [0.1, 0.15) is 11.1 Å². The summed E-state index contributed by atoms with van der Waals surface area (Å²) in [6.07, 6.45) is 0. The van der Waals surface area contributed by atoms with E-state index in [2.05, 4.69) is 10.6 Å². The molecule has 1 amide bonds. The van der Waals surface area contributed by atoms with E-state index in [0.717, 1.165) is 28.3 Å². The molecule has 3 aromatic carbocycles. The predicted molar refractivity (Wildman–Crippen MR) is 111 cm³/mol. The van der Waals surface area contributed by atoms with Crippen LogP contribution in [0.4, 0.5) is 11.4 Å². The van der Waals surface area contributed by atoms with Gasteiger partial charge in [0.05, 0.1) is 6.54 Å². The summed E-state index contributed by atoms with van der Waals surface area (Å²) in [6.45, 7) is 2.68. The molecular formula is C22H21ClN2O2. The summed E-state index contributed by atoms with van der Waals surface area (Å²) >= 11 is 5.87. The molecule has 0 radical (unpaired) electrons. The summed E-state index contributed by atoms with van der Waals surface area (Å²) in [4.78, 5) is 12.1. The molecule has 0 fully saturated rings. The first-order chi connectivity index (χ1) is 13.1. The Morgan fingerprint density at radius 1 is 0.963 bits per heavy atom. The lowest BCUT2D eigenvalue weighted by molar-refractivity contribution is -0.114. The van der Waals surface area contributed by atoms with E-state index >= 15 is 0 Å². The lowest BCUT2D eigenvalue weighted by atomic mass is 10.2. The van der Waals surface area contributed by atoms with Crippen molar-refractivity contribution >= 4 is 28.9 Å². The third-order valence-corrected chi connectivity index (χ3v) is 4.18. The smallest absolute Gasteiger partial charge is 0.243 e. The molecule has 0 aliphatic carbocycles. The Morgan fingerprint density at radius 2 is 1.70 bits per heavy atom. The molecule has 0 aliphatic heterocycles. The van der Waals surface area contributed by atoms with Gasteiger partial charge in [0.2, 0.25) is 5.91 Å². The van der Waals surface area contributed by atoms with Gasteiger partial charge in [0.1, 0.15) is 12.4 Å². The van der Waals surface area contributed by atoms with E-state index < -0.39 is 0 Å². The first-order valence-corrected chi connectivity index (χ1v) is 9.04. The zero-order valence-corrected chi connectivity index (χ0v) is 15.8. The van der Waals surface area contributed by atoms with Gasteiger partial charge < -0.3 is 15.4 Å². The van der Waals surface area contributed by atoms with Crippen molar-refractivity contribution in [2.45, 2.75) is 13.5 Å². The highest BCUT2D eigenvalue weighted by atomic mass is 35.5. The van der Waals surface area contributed by atoms with Crippen molar-refractivity contribution in [2.24, 2.45) is 0 Å². The van der Waals surface area contributed by atoms with E-state index in [0.29, 0.717) is 11.6 Å². The molecule has 0 saturated heterocycles. The van der Waals surface area contributed by atoms with Gasteiger partial charge in [-0.1, -0.05) is 35.9 Å². The van der Waals surface area contributed by atoms with E-state index in [1.54, 1.807) is 0 Å². The number of aryl methyl sites for hydroxylation is 1. The quantitative estimate of drug-likeness (QED) is 0.586. The largest absolute Gasteiger partial charge is 0.489 e. The van der Waals surface area contributed by atoms with Crippen LogP contribution in [0.2, 0.25) is 5.02 Å². The molecule has 0 heterocycles. The van der Waals surface area contributed by atoms with Gasteiger partial charge in [0.15, 0.2) is 0 Å². The van der Waals surface area contributed by atoms with Crippen molar-refractivity contribution in [1.82, 2.24) is 0 Å². The van der Waals surface area contributed by atoms with E-state index in [-0.39, 0.29) is 12.5 Å². The summed E-state index contributed by atoms with van der Waals surface area (Å²) in [5.74, 6) is 0.632. The Morgan fingerprint density at radius 3 is 2.41 bits per heavy atom. The standard InChI is InChI=1S/C22H21ClN2O2/c1-16-3-2-4-20(13-16)24-14-22(26)25-19-9-11-21(12-10-19)27-15-17-5-7-18(23)8-6-17/h2-13,24H,14-15H2,1H3,(H,25,26). The van der Waals surface area contributed by atoms with Crippen molar-refractivity contribution < 1.29 is 9.53 Å². The fraction of sp³-hybridized carbons (Fsp3) is 0.136. The van der Waals surface area contributed by atoms with E-state index in [1.165, 1.54) is 0 Å². The second-order valence-corrected chi connectivity index (χ2v) is 6.65. The zero-order chi connectivity index (χ0) is 19.1. The van der Waals surface area contributed by atoms with Crippen LogP contribution in [-0.2, 0) is 11.4 Å². The first kappa shape index (κ1) is 18.8. The fourth-order valence-electron chi connectivity index (χ4n) is 2.52. The van der Waals surface area contributed by atoms with Crippen molar-refractivity contribution in [3.8, 4) is 5.75 Å². The van der Waals surface area contributed by atoms with Crippen LogP contribution in [0, 0.1) is 6.92 Å². The van der Waals surface area contributed by atoms with Crippen LogP contribution in [0.25, 0.3) is 0 Å². The Bertz CT molecular complexity index is 893. The van der Waals surface area contributed by atoms with Crippen LogP contribution in [0.15, 0.2) is 72.8 Å². The molecule has 4 nitrogen and oxygen atoms in total. The molecule has 138 valence electrons. The molecular weight excluding hydrogens is 360 g/mol. The highest BCUT2D eigenvalue weighted by molar-refractivity contribution is 6.30. The number of hydrogen-bond donors (Lipinski definition) is 2. The van der Waals surface area contributed by atoms with Crippen LogP contribution < -0.4 is 15.4 Å². The third kappa shape index (κ3) is 6.04. The summed E-state index contributed by atoms with van der Waals surface area (Å²) in [7, 11) is 0. The van der Waals surface area contributed by atoms with Crippen LogP contribution in [0.5, 0.6) is 5.75 Å². The maximum absolute atomic E-state index is 12.1. The van der Waals surface area contributed by atoms with Crippen molar-refractivity contribution in [3.05, 3.63) is 88.9 Å². The fourth-order valence-corrected chi connectivity index (χ4v) is 2.65. The monoisotopic (exact) mass is 380 g/mol. The van der Waals surface area contributed by atoms with Gasteiger partial charge in [-0.15, -0.1) is 0 Å². The predicted octanol–water partition coefficient (Wildman–Crippen LogP) is 5.28. The minimum atomic E-state index is -0.105. The molecule has 0 unspecified atom stereocenters. The molecule has 0 spiro atoms. The number of anilines is 2. The summed E-state index contributed by atoms with van der Waals surface area (Å²) in [5, 5.41) is 6.68. The summed E-state index contributed by atoms with van der Waals surface area (Å²) < 4.78 is 5.74. The SMILES string of the molecule is Cc1cccc(NCC(=O)Nc2ccc(OCc3ccc(Cl)cc3)cc2)c1. The van der Waals surface area contributed by atoms with E-state index in [4.69, 9.17) is 16.3 Å². The number of rotatable bonds is 7. The van der Waals surface area contributed by atoms with Gasteiger partial charge in [-0.2, -0.15) is 0 Å². The number of carbonyl (C=O) groups excluding carboxylic acids is 1. The minimum Gasteiger partial charge on any atom is -0.489 e. The van der Waals surface area contributed by atoms with Crippen molar-refractivity contribution in [3.63, 3.8) is 0 Å². The average Bonchev–Trinajstić information content (AvgIpc) is 2.67.